The van der Waals surface area contributed by atoms with E-state index in [1.165, 1.54) is 0 Å². The third kappa shape index (κ3) is 3.00. The number of carbonyl (C=O) groups excluding carboxylic acids is 1. The predicted octanol–water partition coefficient (Wildman–Crippen LogP) is 1.18. The SMILES string of the molecule is COCCc1ccccc1NC(=O)C1(C)COCC1N. The van der Waals surface area contributed by atoms with Gasteiger partial charge in [0.15, 0.2) is 0 Å². The number of amides is 1. The van der Waals surface area contributed by atoms with Crippen molar-refractivity contribution in [1.82, 2.24) is 0 Å². The fourth-order valence-electron chi connectivity index (χ4n) is 2.26. The lowest BCUT2D eigenvalue weighted by atomic mass is 9.84. The highest BCUT2D eigenvalue weighted by atomic mass is 16.5. The highest BCUT2D eigenvalue weighted by Gasteiger charge is 2.44. The molecule has 3 N–H and O–H groups in total. The number of para-hydroxylation sites is 1. The highest BCUT2D eigenvalue weighted by molar-refractivity contribution is 5.96. The smallest absolute Gasteiger partial charge is 0.234 e. The summed E-state index contributed by atoms with van der Waals surface area (Å²) in [7, 11) is 1.66. The minimum absolute atomic E-state index is 0.0904. The summed E-state index contributed by atoms with van der Waals surface area (Å²) in [5.41, 5.74) is 7.18. The van der Waals surface area contributed by atoms with Crippen molar-refractivity contribution in [3.63, 3.8) is 0 Å². The highest BCUT2D eigenvalue weighted by Crippen LogP contribution is 2.29. The van der Waals surface area contributed by atoms with Gasteiger partial charge in [0, 0.05) is 18.8 Å². The number of nitrogens with two attached hydrogens (primary N) is 1. The van der Waals surface area contributed by atoms with Crippen LogP contribution in [0.15, 0.2) is 24.3 Å². The molecule has 0 radical (unpaired) electrons. The maximum Gasteiger partial charge on any atom is 0.234 e. The van der Waals surface area contributed by atoms with Gasteiger partial charge in [-0.25, -0.2) is 0 Å². The molecule has 0 bridgehead atoms. The summed E-state index contributed by atoms with van der Waals surface area (Å²) in [6.07, 6.45) is 0.756. The zero-order valence-corrected chi connectivity index (χ0v) is 12.0. The summed E-state index contributed by atoms with van der Waals surface area (Å²) in [5.74, 6) is -0.0904. The predicted molar refractivity (Wildman–Crippen MR) is 77.6 cm³/mol. The number of hydrogen-bond acceptors (Lipinski definition) is 4. The largest absolute Gasteiger partial charge is 0.384 e. The summed E-state index contributed by atoms with van der Waals surface area (Å²) < 4.78 is 10.4. The van der Waals surface area contributed by atoms with Crippen LogP contribution >= 0.6 is 0 Å². The molecule has 2 unspecified atom stereocenters. The van der Waals surface area contributed by atoms with Crippen LogP contribution in [0.3, 0.4) is 0 Å². The second-order valence-corrected chi connectivity index (χ2v) is 5.39. The lowest BCUT2D eigenvalue weighted by molar-refractivity contribution is -0.125. The monoisotopic (exact) mass is 278 g/mol. The molecule has 0 spiro atoms. The standard InChI is InChI=1S/C15H22N2O3/c1-15(10-20-9-13(15)16)14(18)17-12-6-4-3-5-11(12)7-8-19-2/h3-6,13H,7-10,16H2,1-2H3,(H,17,18). The summed E-state index contributed by atoms with van der Waals surface area (Å²) in [4.78, 5) is 12.5. The Morgan fingerprint density at radius 1 is 1.55 bits per heavy atom. The van der Waals surface area contributed by atoms with Crippen LogP contribution in [0.4, 0.5) is 5.69 Å². The maximum absolute atomic E-state index is 12.5. The van der Waals surface area contributed by atoms with Gasteiger partial charge in [0.05, 0.1) is 25.2 Å². The van der Waals surface area contributed by atoms with E-state index in [9.17, 15) is 4.79 Å². The molecule has 1 fully saturated rings. The van der Waals surface area contributed by atoms with Gasteiger partial charge in [0.25, 0.3) is 0 Å². The van der Waals surface area contributed by atoms with Gasteiger partial charge >= 0.3 is 0 Å². The molecule has 5 heteroatoms. The Morgan fingerprint density at radius 2 is 2.30 bits per heavy atom. The zero-order valence-electron chi connectivity index (χ0n) is 12.0. The molecule has 1 heterocycles. The van der Waals surface area contributed by atoms with E-state index in [4.69, 9.17) is 15.2 Å². The molecule has 2 atom stereocenters. The average molecular weight is 278 g/mol. The number of methoxy groups -OCH3 is 1. The van der Waals surface area contributed by atoms with Crippen molar-refractivity contribution in [1.29, 1.82) is 0 Å². The molecule has 1 amide bonds. The van der Waals surface area contributed by atoms with Crippen LogP contribution in [0.1, 0.15) is 12.5 Å². The minimum atomic E-state index is -0.672. The second kappa shape index (κ2) is 6.35. The first kappa shape index (κ1) is 15.0. The van der Waals surface area contributed by atoms with Gasteiger partial charge in [0.2, 0.25) is 5.91 Å². The molecule has 0 aromatic heterocycles. The van der Waals surface area contributed by atoms with E-state index >= 15 is 0 Å². The molecule has 1 aromatic rings. The fraction of sp³-hybridized carbons (Fsp3) is 0.533. The van der Waals surface area contributed by atoms with Gasteiger partial charge in [-0.1, -0.05) is 18.2 Å². The van der Waals surface area contributed by atoms with Crippen molar-refractivity contribution < 1.29 is 14.3 Å². The maximum atomic E-state index is 12.5. The lowest BCUT2D eigenvalue weighted by Gasteiger charge is -2.26. The van der Waals surface area contributed by atoms with Crippen LogP contribution in [0.25, 0.3) is 0 Å². The summed E-state index contributed by atoms with van der Waals surface area (Å²) >= 11 is 0. The fourth-order valence-corrected chi connectivity index (χ4v) is 2.26. The molecular formula is C15H22N2O3. The van der Waals surface area contributed by atoms with Crippen molar-refractivity contribution in [2.45, 2.75) is 19.4 Å². The number of rotatable bonds is 5. The van der Waals surface area contributed by atoms with Gasteiger partial charge in [-0.2, -0.15) is 0 Å². The Balaban J connectivity index is 2.11. The van der Waals surface area contributed by atoms with E-state index in [-0.39, 0.29) is 11.9 Å². The number of nitrogens with one attached hydrogen (secondary N) is 1. The topological polar surface area (TPSA) is 73.6 Å². The molecular weight excluding hydrogens is 256 g/mol. The molecule has 1 aromatic carbocycles. The van der Waals surface area contributed by atoms with E-state index in [1.54, 1.807) is 7.11 Å². The van der Waals surface area contributed by atoms with E-state index in [1.807, 2.05) is 31.2 Å². The van der Waals surface area contributed by atoms with Crippen LogP contribution in [-0.4, -0.2) is 38.9 Å². The molecule has 5 nitrogen and oxygen atoms in total. The second-order valence-electron chi connectivity index (χ2n) is 5.39. The van der Waals surface area contributed by atoms with Crippen LogP contribution in [0.2, 0.25) is 0 Å². The molecule has 2 rings (SSSR count). The Morgan fingerprint density at radius 3 is 2.95 bits per heavy atom. The van der Waals surface area contributed by atoms with Gasteiger partial charge in [-0.15, -0.1) is 0 Å². The third-order valence-electron chi connectivity index (χ3n) is 3.88. The molecule has 1 aliphatic heterocycles. The first-order valence-electron chi connectivity index (χ1n) is 6.79. The Labute approximate surface area is 119 Å². The Kier molecular flexibility index (Phi) is 4.75. The van der Waals surface area contributed by atoms with Crippen LogP contribution in [0, 0.1) is 5.41 Å². The van der Waals surface area contributed by atoms with Crippen molar-refractivity contribution in [3.05, 3.63) is 29.8 Å². The van der Waals surface area contributed by atoms with E-state index in [0.29, 0.717) is 19.8 Å². The van der Waals surface area contributed by atoms with Crippen molar-refractivity contribution in [2.75, 3.05) is 32.2 Å². The third-order valence-corrected chi connectivity index (χ3v) is 3.88. The van der Waals surface area contributed by atoms with Crippen LogP contribution < -0.4 is 11.1 Å². The Bertz CT molecular complexity index is 478. The number of carbonyl (C=O) groups is 1. The Hall–Kier alpha value is -1.43. The number of benzene rings is 1. The van der Waals surface area contributed by atoms with E-state index < -0.39 is 5.41 Å². The van der Waals surface area contributed by atoms with Crippen LogP contribution in [0.5, 0.6) is 0 Å². The van der Waals surface area contributed by atoms with Crippen molar-refractivity contribution in [2.24, 2.45) is 11.1 Å². The van der Waals surface area contributed by atoms with E-state index in [2.05, 4.69) is 5.32 Å². The van der Waals surface area contributed by atoms with Crippen molar-refractivity contribution >= 4 is 11.6 Å². The summed E-state index contributed by atoms with van der Waals surface area (Å²) in [6, 6.07) is 7.47. The first-order valence-corrected chi connectivity index (χ1v) is 6.79. The first-order chi connectivity index (χ1) is 9.58. The molecule has 0 aliphatic carbocycles. The summed E-state index contributed by atoms with van der Waals surface area (Å²) in [5, 5.41) is 2.98. The van der Waals surface area contributed by atoms with Gasteiger partial charge < -0.3 is 20.5 Å². The molecule has 0 saturated carbocycles. The van der Waals surface area contributed by atoms with Gasteiger partial charge in [0.1, 0.15) is 0 Å². The number of ether oxygens (including phenoxy) is 2. The van der Waals surface area contributed by atoms with Gasteiger partial charge in [-0.05, 0) is 25.0 Å². The normalized spacial score (nSPS) is 25.6. The minimum Gasteiger partial charge on any atom is -0.384 e. The molecule has 1 aliphatic rings. The summed E-state index contributed by atoms with van der Waals surface area (Å²) in [6.45, 7) is 3.25. The average Bonchev–Trinajstić information content (AvgIpc) is 2.79. The number of anilines is 1. The molecule has 110 valence electrons. The van der Waals surface area contributed by atoms with Gasteiger partial charge in [-0.3, -0.25) is 4.79 Å². The number of hydrogen-bond donors (Lipinski definition) is 2. The quantitative estimate of drug-likeness (QED) is 0.848. The van der Waals surface area contributed by atoms with Crippen molar-refractivity contribution in [3.8, 4) is 0 Å². The molecule has 1 saturated heterocycles. The van der Waals surface area contributed by atoms with Crippen LogP contribution in [-0.2, 0) is 20.7 Å². The molecule has 20 heavy (non-hydrogen) atoms. The zero-order chi connectivity index (χ0) is 14.6. The van der Waals surface area contributed by atoms with E-state index in [0.717, 1.165) is 17.7 Å². The lowest BCUT2D eigenvalue weighted by Crippen LogP contribution is -2.47.